The van der Waals surface area contributed by atoms with E-state index in [9.17, 15) is 8.42 Å². The molecule has 7 fully saturated rings. The van der Waals surface area contributed by atoms with E-state index < -0.39 is 9.84 Å². The van der Waals surface area contributed by atoms with Gasteiger partial charge in [0.15, 0.2) is 9.84 Å². The average Bonchev–Trinajstić information content (AvgIpc) is 2.32. The molecule has 0 saturated heterocycles. The lowest BCUT2D eigenvalue weighted by atomic mass is 9.53. The molecule has 0 heterocycles. The normalized spacial score (nSPS) is 58.2. The molecule has 3 atom stereocenters. The maximum Gasteiger partial charge on any atom is 0.151 e. The van der Waals surface area contributed by atoms with E-state index in [1.807, 2.05) is 0 Å². The van der Waals surface area contributed by atoms with Gasteiger partial charge in [-0.05, 0) is 67.6 Å². The average molecular weight is 240 g/mol. The Hall–Kier alpha value is -0.0500. The van der Waals surface area contributed by atoms with Crippen LogP contribution in [0.4, 0.5) is 0 Å². The van der Waals surface area contributed by atoms with Crippen LogP contribution in [0.5, 0.6) is 0 Å². The fourth-order valence-corrected chi connectivity index (χ4v) is 8.01. The molecule has 90 valence electrons. The zero-order valence-corrected chi connectivity index (χ0v) is 10.7. The number of rotatable bonds is 1. The summed E-state index contributed by atoms with van der Waals surface area (Å²) >= 11 is 0. The van der Waals surface area contributed by atoms with Crippen LogP contribution in [-0.4, -0.2) is 19.9 Å². The lowest BCUT2D eigenvalue weighted by Crippen LogP contribution is -2.57. The van der Waals surface area contributed by atoms with E-state index in [1.54, 1.807) is 0 Å². The Labute approximate surface area is 97.7 Å². The molecule has 7 aliphatic rings. The lowest BCUT2D eigenvalue weighted by Gasteiger charge is -2.55. The third-order valence-corrected chi connectivity index (χ3v) is 8.37. The van der Waals surface area contributed by atoms with Gasteiger partial charge in [-0.2, -0.15) is 0 Å². The molecule has 0 N–H and O–H groups in total. The predicted octanol–water partition coefficient (Wildman–Crippen LogP) is 2.39. The van der Waals surface area contributed by atoms with E-state index in [1.165, 1.54) is 51.2 Å². The quantitative estimate of drug-likeness (QED) is 0.705. The summed E-state index contributed by atoms with van der Waals surface area (Å²) < 4.78 is 24.1. The van der Waals surface area contributed by atoms with Crippen molar-refractivity contribution < 1.29 is 8.42 Å². The van der Waals surface area contributed by atoms with Crippen LogP contribution in [0.1, 0.15) is 44.9 Å². The second-order valence-electron chi connectivity index (χ2n) is 6.99. The Morgan fingerprint density at radius 3 is 2.12 bits per heavy atom. The second kappa shape index (κ2) is 2.52. The van der Waals surface area contributed by atoms with Crippen molar-refractivity contribution >= 4 is 9.84 Å². The first-order valence-electron chi connectivity index (χ1n) is 6.66. The van der Waals surface area contributed by atoms with Crippen LogP contribution < -0.4 is 0 Å². The summed E-state index contributed by atoms with van der Waals surface area (Å²) in [6, 6.07) is 0. The van der Waals surface area contributed by atoms with E-state index in [0.717, 1.165) is 5.92 Å². The Balaban J connectivity index is 1.84. The van der Waals surface area contributed by atoms with Crippen LogP contribution in [0, 0.1) is 22.7 Å². The Morgan fingerprint density at radius 1 is 1.00 bits per heavy atom. The third-order valence-electron chi connectivity index (χ3n) is 6.59. The Morgan fingerprint density at radius 2 is 1.62 bits per heavy atom. The van der Waals surface area contributed by atoms with Crippen molar-refractivity contribution in [3.05, 3.63) is 0 Å². The summed E-state index contributed by atoms with van der Waals surface area (Å²) in [5, 5.41) is 0.0367. The minimum Gasteiger partial charge on any atom is -0.229 e. The highest BCUT2D eigenvalue weighted by Crippen LogP contribution is 2.75. The highest BCUT2D eigenvalue weighted by Gasteiger charge is 2.70. The zero-order valence-electron chi connectivity index (χ0n) is 9.91. The van der Waals surface area contributed by atoms with Crippen molar-refractivity contribution in [2.24, 2.45) is 22.7 Å². The van der Waals surface area contributed by atoms with Crippen LogP contribution in [0.2, 0.25) is 0 Å². The molecule has 0 aliphatic heterocycles. The summed E-state index contributed by atoms with van der Waals surface area (Å²) in [6.45, 7) is 0. The predicted molar refractivity (Wildman–Crippen MR) is 62.8 cm³/mol. The van der Waals surface area contributed by atoms with Gasteiger partial charge < -0.3 is 0 Å². The van der Waals surface area contributed by atoms with Gasteiger partial charge in [0.25, 0.3) is 0 Å². The lowest BCUT2D eigenvalue weighted by molar-refractivity contribution is -0.0129. The Kier molecular flexibility index (Phi) is 1.57. The molecular formula is C13H20O2S. The smallest absolute Gasteiger partial charge is 0.151 e. The van der Waals surface area contributed by atoms with Gasteiger partial charge in [0.05, 0.1) is 5.25 Å². The van der Waals surface area contributed by atoms with Crippen molar-refractivity contribution in [1.82, 2.24) is 0 Å². The number of hydrogen-bond acceptors (Lipinski definition) is 2. The first kappa shape index (κ1) is 9.93. The van der Waals surface area contributed by atoms with Gasteiger partial charge in [-0.25, -0.2) is 8.42 Å². The molecule has 2 unspecified atom stereocenters. The van der Waals surface area contributed by atoms with E-state index in [2.05, 4.69) is 0 Å². The minimum atomic E-state index is -2.82. The summed E-state index contributed by atoms with van der Waals surface area (Å²) in [4.78, 5) is 0. The van der Waals surface area contributed by atoms with Gasteiger partial charge in [-0.1, -0.05) is 0 Å². The van der Waals surface area contributed by atoms with Gasteiger partial charge >= 0.3 is 0 Å². The molecule has 2 spiro atoms. The Bertz CT molecular complexity index is 437. The summed E-state index contributed by atoms with van der Waals surface area (Å²) in [7, 11) is -2.82. The van der Waals surface area contributed by atoms with Gasteiger partial charge in [0.2, 0.25) is 0 Å². The second-order valence-corrected chi connectivity index (χ2v) is 9.15. The highest BCUT2D eigenvalue weighted by atomic mass is 32.2. The standard InChI is InChI=1S/C13H20O2S/c1-16(14,15)11-9-8-13(11)6-4-12(5-7-13)3-2-10(9)12/h9-11H,2-8H2,1H3/t9-,10?,11?,12?,13?/m1/s1. The summed E-state index contributed by atoms with van der Waals surface area (Å²) in [6.07, 6.45) is 10.5. The number of hydrogen-bond donors (Lipinski definition) is 0. The zero-order chi connectivity index (χ0) is 11.2. The molecule has 3 heteroatoms. The molecule has 0 aromatic rings. The van der Waals surface area contributed by atoms with Crippen molar-refractivity contribution in [3.8, 4) is 0 Å². The molecular weight excluding hydrogens is 220 g/mol. The summed E-state index contributed by atoms with van der Waals surface area (Å²) in [5.74, 6) is 1.30. The fraction of sp³-hybridized carbons (Fsp3) is 1.00. The fourth-order valence-electron chi connectivity index (χ4n) is 5.85. The maximum absolute atomic E-state index is 12.0. The van der Waals surface area contributed by atoms with Gasteiger partial charge in [-0.3, -0.25) is 0 Å². The number of sulfone groups is 1. The van der Waals surface area contributed by atoms with Crippen molar-refractivity contribution in [1.29, 1.82) is 0 Å². The van der Waals surface area contributed by atoms with E-state index in [0.29, 0.717) is 11.3 Å². The SMILES string of the molecule is CS(=O)(=O)C1[C@@H]2CC13CCC1(CCC21)CC3. The molecule has 0 aromatic carbocycles. The first-order valence-corrected chi connectivity index (χ1v) is 8.61. The van der Waals surface area contributed by atoms with Crippen molar-refractivity contribution in [3.63, 3.8) is 0 Å². The van der Waals surface area contributed by atoms with Gasteiger partial charge in [-0.15, -0.1) is 0 Å². The monoisotopic (exact) mass is 240 g/mol. The van der Waals surface area contributed by atoms with Crippen LogP contribution >= 0.6 is 0 Å². The van der Waals surface area contributed by atoms with Gasteiger partial charge in [0.1, 0.15) is 0 Å². The molecule has 3 bridgehead atoms. The van der Waals surface area contributed by atoms with Crippen molar-refractivity contribution in [2.75, 3.05) is 6.26 Å². The van der Waals surface area contributed by atoms with E-state index >= 15 is 0 Å². The van der Waals surface area contributed by atoms with Crippen LogP contribution in [-0.2, 0) is 9.84 Å². The molecule has 0 aromatic heterocycles. The molecule has 2 nitrogen and oxygen atoms in total. The maximum atomic E-state index is 12.0. The van der Waals surface area contributed by atoms with E-state index in [4.69, 9.17) is 0 Å². The summed E-state index contributed by atoms with van der Waals surface area (Å²) in [5.41, 5.74) is 0.824. The molecule has 7 aliphatic carbocycles. The third kappa shape index (κ3) is 0.901. The molecule has 0 amide bonds. The first-order chi connectivity index (χ1) is 7.47. The van der Waals surface area contributed by atoms with E-state index in [-0.39, 0.29) is 10.7 Å². The largest absolute Gasteiger partial charge is 0.229 e. The molecule has 16 heavy (non-hydrogen) atoms. The minimum absolute atomic E-state index is 0.0367. The van der Waals surface area contributed by atoms with Gasteiger partial charge in [0, 0.05) is 6.26 Å². The van der Waals surface area contributed by atoms with Crippen molar-refractivity contribution in [2.45, 2.75) is 50.2 Å². The topological polar surface area (TPSA) is 34.1 Å². The highest BCUT2D eigenvalue weighted by molar-refractivity contribution is 7.91. The van der Waals surface area contributed by atoms with Crippen LogP contribution in [0.15, 0.2) is 0 Å². The van der Waals surface area contributed by atoms with Crippen LogP contribution in [0.25, 0.3) is 0 Å². The molecule has 7 saturated carbocycles. The molecule has 7 rings (SSSR count). The van der Waals surface area contributed by atoms with Crippen LogP contribution in [0.3, 0.4) is 0 Å². The molecule has 0 radical (unpaired) electrons.